The van der Waals surface area contributed by atoms with Gasteiger partial charge in [-0.25, -0.2) is 0 Å². The van der Waals surface area contributed by atoms with Gasteiger partial charge >= 0.3 is 12.1 Å². The van der Waals surface area contributed by atoms with Gasteiger partial charge in [0.1, 0.15) is 5.69 Å². The van der Waals surface area contributed by atoms with Gasteiger partial charge in [0.05, 0.1) is 17.5 Å². The Kier molecular flexibility index (Phi) is 4.41. The van der Waals surface area contributed by atoms with Crippen molar-refractivity contribution in [3.8, 4) is 0 Å². The van der Waals surface area contributed by atoms with Gasteiger partial charge in [0.15, 0.2) is 0 Å². The number of likely N-dealkylation sites (tertiary alicyclic amines) is 1. The standard InChI is InChI=1S/C15H20F3N3O3/c1-14(2,3)11-5-10(20(4)19-11)12(22)21-6-8(13(23)24)9(7-21)15(16,17)18/h5,8-9H,6-7H2,1-4H3,(H,23,24)/t8-,9-/m1/s1. The summed E-state index contributed by atoms with van der Waals surface area (Å²) in [4.78, 5) is 24.6. The van der Waals surface area contributed by atoms with Crippen LogP contribution in [0.3, 0.4) is 0 Å². The molecule has 0 radical (unpaired) electrons. The van der Waals surface area contributed by atoms with Crippen LogP contribution in [-0.2, 0) is 17.3 Å². The summed E-state index contributed by atoms with van der Waals surface area (Å²) in [6.45, 7) is 4.59. The zero-order valence-electron chi connectivity index (χ0n) is 13.9. The molecule has 0 unspecified atom stereocenters. The van der Waals surface area contributed by atoms with E-state index in [0.717, 1.165) is 4.90 Å². The third-order valence-corrected chi connectivity index (χ3v) is 4.21. The molecule has 1 aliphatic rings. The lowest BCUT2D eigenvalue weighted by Crippen LogP contribution is -2.34. The highest BCUT2D eigenvalue weighted by Gasteiger charge is 2.53. The van der Waals surface area contributed by atoms with E-state index in [9.17, 15) is 22.8 Å². The van der Waals surface area contributed by atoms with Crippen molar-refractivity contribution in [2.45, 2.75) is 32.4 Å². The lowest BCUT2D eigenvalue weighted by molar-refractivity contribution is -0.187. The van der Waals surface area contributed by atoms with Gasteiger partial charge in [0.25, 0.3) is 5.91 Å². The summed E-state index contributed by atoms with van der Waals surface area (Å²) < 4.78 is 40.4. The maximum Gasteiger partial charge on any atom is 0.394 e. The largest absolute Gasteiger partial charge is 0.481 e. The number of carbonyl (C=O) groups excluding carboxylic acids is 1. The number of rotatable bonds is 2. The predicted molar refractivity (Wildman–Crippen MR) is 78.5 cm³/mol. The van der Waals surface area contributed by atoms with Crippen LogP contribution < -0.4 is 0 Å². The molecule has 6 nitrogen and oxygen atoms in total. The molecule has 9 heteroatoms. The molecule has 1 N–H and O–H groups in total. The highest BCUT2D eigenvalue weighted by atomic mass is 19.4. The molecule has 24 heavy (non-hydrogen) atoms. The van der Waals surface area contributed by atoms with Crippen LogP contribution in [0.25, 0.3) is 0 Å². The van der Waals surface area contributed by atoms with E-state index in [1.54, 1.807) is 6.07 Å². The molecule has 1 aromatic rings. The van der Waals surface area contributed by atoms with E-state index < -0.39 is 43.0 Å². The summed E-state index contributed by atoms with van der Waals surface area (Å²) in [5.41, 5.74) is 0.459. The number of carboxylic acid groups (broad SMARTS) is 1. The molecular formula is C15H20F3N3O3. The number of aliphatic carboxylic acids is 1. The van der Waals surface area contributed by atoms with Gasteiger partial charge in [-0.1, -0.05) is 20.8 Å². The number of alkyl halides is 3. The lowest BCUT2D eigenvalue weighted by atomic mass is 9.92. The molecular weight excluding hydrogens is 327 g/mol. The van der Waals surface area contributed by atoms with Crippen molar-refractivity contribution < 1.29 is 27.9 Å². The normalized spacial score (nSPS) is 22.0. The van der Waals surface area contributed by atoms with Crippen molar-refractivity contribution >= 4 is 11.9 Å². The third-order valence-electron chi connectivity index (χ3n) is 4.21. The molecule has 2 heterocycles. The number of hydrogen-bond donors (Lipinski definition) is 1. The van der Waals surface area contributed by atoms with Gasteiger partial charge < -0.3 is 10.0 Å². The van der Waals surface area contributed by atoms with E-state index >= 15 is 0 Å². The summed E-state index contributed by atoms with van der Waals surface area (Å²) >= 11 is 0. The summed E-state index contributed by atoms with van der Waals surface area (Å²) in [6.07, 6.45) is -4.67. The van der Waals surface area contributed by atoms with E-state index in [4.69, 9.17) is 5.11 Å². The Hall–Kier alpha value is -2.06. The van der Waals surface area contributed by atoms with Crippen LogP contribution in [-0.4, -0.2) is 50.9 Å². The average Bonchev–Trinajstić information content (AvgIpc) is 3.00. The number of aryl methyl sites for hydroxylation is 1. The van der Waals surface area contributed by atoms with Crippen LogP contribution >= 0.6 is 0 Å². The molecule has 1 amide bonds. The van der Waals surface area contributed by atoms with E-state index in [1.165, 1.54) is 11.7 Å². The fourth-order valence-corrected chi connectivity index (χ4v) is 2.75. The maximum absolute atomic E-state index is 13.0. The van der Waals surface area contributed by atoms with Crippen LogP contribution in [0.5, 0.6) is 0 Å². The topological polar surface area (TPSA) is 75.4 Å². The number of carboxylic acids is 1. The monoisotopic (exact) mass is 347 g/mol. The predicted octanol–water partition coefficient (Wildman–Crippen LogP) is 2.05. The average molecular weight is 347 g/mol. The molecule has 0 aromatic carbocycles. The van der Waals surface area contributed by atoms with Crippen molar-refractivity contribution in [2.75, 3.05) is 13.1 Å². The Morgan fingerprint density at radius 2 is 1.83 bits per heavy atom. The molecule has 0 bridgehead atoms. The number of carbonyl (C=O) groups is 2. The Morgan fingerprint density at radius 3 is 2.21 bits per heavy atom. The van der Waals surface area contributed by atoms with Crippen LogP contribution in [0.4, 0.5) is 13.2 Å². The van der Waals surface area contributed by atoms with Crippen molar-refractivity contribution in [3.05, 3.63) is 17.5 Å². The van der Waals surface area contributed by atoms with Crippen molar-refractivity contribution in [2.24, 2.45) is 18.9 Å². The van der Waals surface area contributed by atoms with Crippen molar-refractivity contribution in [3.63, 3.8) is 0 Å². The van der Waals surface area contributed by atoms with Gasteiger partial charge in [-0.05, 0) is 6.07 Å². The summed E-state index contributed by atoms with van der Waals surface area (Å²) in [5.74, 6) is -5.90. The molecule has 0 saturated carbocycles. The Morgan fingerprint density at radius 1 is 1.25 bits per heavy atom. The SMILES string of the molecule is Cn1nc(C(C)(C)C)cc1C(=O)N1C[C@@H](C(F)(F)F)[C@H](C(=O)O)C1. The number of halogens is 3. The molecule has 1 saturated heterocycles. The van der Waals surface area contributed by atoms with E-state index in [-0.39, 0.29) is 11.1 Å². The van der Waals surface area contributed by atoms with Gasteiger partial charge in [0.2, 0.25) is 0 Å². The minimum absolute atomic E-state index is 0.145. The van der Waals surface area contributed by atoms with Crippen LogP contribution in [0.2, 0.25) is 0 Å². The first-order chi connectivity index (χ1) is 10.8. The number of aromatic nitrogens is 2. The number of amides is 1. The first kappa shape index (κ1) is 18.3. The van der Waals surface area contributed by atoms with Gasteiger partial charge in [-0.3, -0.25) is 14.3 Å². The van der Waals surface area contributed by atoms with Crippen LogP contribution in [0.1, 0.15) is 37.0 Å². The van der Waals surface area contributed by atoms with Crippen LogP contribution in [0, 0.1) is 11.8 Å². The number of nitrogens with zero attached hydrogens (tertiary/aromatic N) is 3. The molecule has 2 atom stereocenters. The zero-order chi connectivity index (χ0) is 18.4. The van der Waals surface area contributed by atoms with Crippen molar-refractivity contribution in [1.29, 1.82) is 0 Å². The second-order valence-electron chi connectivity index (χ2n) is 7.09. The number of hydrogen-bond acceptors (Lipinski definition) is 3. The fourth-order valence-electron chi connectivity index (χ4n) is 2.75. The Labute approximate surface area is 137 Å². The molecule has 134 valence electrons. The minimum Gasteiger partial charge on any atom is -0.481 e. The fraction of sp³-hybridized carbons (Fsp3) is 0.667. The molecule has 0 spiro atoms. The molecule has 1 aromatic heterocycles. The highest BCUT2D eigenvalue weighted by molar-refractivity contribution is 5.93. The lowest BCUT2D eigenvalue weighted by Gasteiger charge is -2.18. The molecule has 1 fully saturated rings. The molecule has 0 aliphatic carbocycles. The summed E-state index contributed by atoms with van der Waals surface area (Å²) in [5, 5.41) is 13.3. The zero-order valence-corrected chi connectivity index (χ0v) is 13.9. The summed E-state index contributed by atoms with van der Waals surface area (Å²) in [7, 11) is 1.54. The summed E-state index contributed by atoms with van der Waals surface area (Å²) in [6, 6.07) is 1.54. The van der Waals surface area contributed by atoms with E-state index in [1.807, 2.05) is 20.8 Å². The van der Waals surface area contributed by atoms with E-state index in [0.29, 0.717) is 5.69 Å². The minimum atomic E-state index is -4.67. The third kappa shape index (κ3) is 3.39. The highest BCUT2D eigenvalue weighted by Crippen LogP contribution is 2.38. The van der Waals surface area contributed by atoms with E-state index in [2.05, 4.69) is 5.10 Å². The molecule has 1 aliphatic heterocycles. The van der Waals surface area contributed by atoms with Gasteiger partial charge in [-0.15, -0.1) is 0 Å². The smallest absolute Gasteiger partial charge is 0.394 e. The Bertz CT molecular complexity index is 661. The first-order valence-corrected chi connectivity index (χ1v) is 7.45. The van der Waals surface area contributed by atoms with Crippen LogP contribution in [0.15, 0.2) is 6.07 Å². The van der Waals surface area contributed by atoms with Gasteiger partial charge in [-0.2, -0.15) is 18.3 Å². The Balaban J connectivity index is 2.28. The van der Waals surface area contributed by atoms with Gasteiger partial charge in [0, 0.05) is 25.6 Å². The maximum atomic E-state index is 13.0. The van der Waals surface area contributed by atoms with Crippen molar-refractivity contribution in [1.82, 2.24) is 14.7 Å². The second-order valence-corrected chi connectivity index (χ2v) is 7.09. The second kappa shape index (κ2) is 5.78. The molecule has 2 rings (SSSR count). The quantitative estimate of drug-likeness (QED) is 0.888. The first-order valence-electron chi connectivity index (χ1n) is 7.45.